The lowest BCUT2D eigenvalue weighted by Crippen LogP contribution is -2.19. The number of hydrogen-bond donors (Lipinski definition) is 2. The molecule has 0 saturated heterocycles. The summed E-state index contributed by atoms with van der Waals surface area (Å²) in [6.45, 7) is 1.42. The van der Waals surface area contributed by atoms with Crippen LogP contribution in [0.2, 0.25) is 5.02 Å². The summed E-state index contributed by atoms with van der Waals surface area (Å²) in [5, 5.41) is 10.9. The third-order valence-electron chi connectivity index (χ3n) is 1.69. The molecule has 0 unspecified atom stereocenters. The highest BCUT2D eigenvalue weighted by molar-refractivity contribution is 6.32. The summed E-state index contributed by atoms with van der Waals surface area (Å²) in [6, 6.07) is 4.68. The van der Waals surface area contributed by atoms with Crippen LogP contribution in [0.4, 0.5) is 4.79 Å². The Hall–Kier alpha value is -1.75. The monoisotopic (exact) mass is 243 g/mol. The highest BCUT2D eigenvalue weighted by Crippen LogP contribution is 2.25. The van der Waals surface area contributed by atoms with Crippen molar-refractivity contribution in [2.24, 2.45) is 0 Å². The summed E-state index contributed by atoms with van der Waals surface area (Å²) in [6.07, 6.45) is -1.11. The van der Waals surface area contributed by atoms with Crippen molar-refractivity contribution in [3.05, 3.63) is 28.8 Å². The van der Waals surface area contributed by atoms with Crippen LogP contribution in [0.3, 0.4) is 0 Å². The van der Waals surface area contributed by atoms with Gasteiger partial charge in [0, 0.05) is 13.5 Å². The summed E-state index contributed by atoms with van der Waals surface area (Å²) < 4.78 is 4.82. The molecule has 1 aromatic carbocycles. The van der Waals surface area contributed by atoms with E-state index in [0.29, 0.717) is 5.56 Å². The van der Waals surface area contributed by atoms with Crippen LogP contribution in [0.5, 0.6) is 5.75 Å². The van der Waals surface area contributed by atoms with E-state index in [1.165, 1.54) is 19.1 Å². The van der Waals surface area contributed by atoms with E-state index in [1.54, 1.807) is 6.07 Å². The molecule has 5 nitrogen and oxygen atoms in total. The lowest BCUT2D eigenvalue weighted by Gasteiger charge is -2.06. The van der Waals surface area contributed by atoms with Crippen molar-refractivity contribution in [2.75, 3.05) is 0 Å². The van der Waals surface area contributed by atoms with Crippen molar-refractivity contribution in [3.63, 3.8) is 0 Å². The van der Waals surface area contributed by atoms with Gasteiger partial charge in [-0.2, -0.15) is 0 Å². The zero-order valence-electron chi connectivity index (χ0n) is 8.49. The predicted octanol–water partition coefficient (Wildman–Crippen LogP) is 2.03. The zero-order valence-corrected chi connectivity index (χ0v) is 9.25. The standard InChI is InChI=1S/C10H10ClNO4/c1-6(13)16-9-3-2-7(4-8(9)11)5-12-10(14)15/h2-4,12H,5H2,1H3,(H,14,15). The maximum Gasteiger partial charge on any atom is 0.404 e. The lowest BCUT2D eigenvalue weighted by atomic mass is 10.2. The van der Waals surface area contributed by atoms with Crippen LogP contribution in [0, 0.1) is 0 Å². The van der Waals surface area contributed by atoms with E-state index in [1.807, 2.05) is 0 Å². The number of carbonyl (C=O) groups is 2. The van der Waals surface area contributed by atoms with E-state index >= 15 is 0 Å². The number of carboxylic acid groups (broad SMARTS) is 1. The molecule has 0 aromatic heterocycles. The Morgan fingerprint density at radius 3 is 2.69 bits per heavy atom. The van der Waals surface area contributed by atoms with Gasteiger partial charge in [-0.1, -0.05) is 17.7 Å². The minimum Gasteiger partial charge on any atom is -0.465 e. The van der Waals surface area contributed by atoms with E-state index in [2.05, 4.69) is 5.32 Å². The van der Waals surface area contributed by atoms with Crippen molar-refractivity contribution in [1.82, 2.24) is 5.32 Å². The van der Waals surface area contributed by atoms with Gasteiger partial charge in [-0.3, -0.25) is 4.79 Å². The van der Waals surface area contributed by atoms with Crippen molar-refractivity contribution < 1.29 is 19.4 Å². The van der Waals surface area contributed by atoms with E-state index in [0.717, 1.165) is 0 Å². The molecule has 6 heteroatoms. The Labute approximate surface area is 97.0 Å². The molecule has 0 spiro atoms. The number of halogens is 1. The Morgan fingerprint density at radius 1 is 1.50 bits per heavy atom. The number of hydrogen-bond acceptors (Lipinski definition) is 3. The molecule has 0 heterocycles. The molecule has 0 bridgehead atoms. The fourth-order valence-corrected chi connectivity index (χ4v) is 1.31. The minimum absolute atomic E-state index is 0.148. The molecule has 0 saturated carbocycles. The molecule has 0 aliphatic rings. The van der Waals surface area contributed by atoms with Gasteiger partial charge in [0.2, 0.25) is 0 Å². The normalized spacial score (nSPS) is 9.62. The quantitative estimate of drug-likeness (QED) is 0.629. The third kappa shape index (κ3) is 3.78. The van der Waals surface area contributed by atoms with Gasteiger partial charge in [-0.05, 0) is 17.7 Å². The van der Waals surface area contributed by atoms with Gasteiger partial charge in [0.05, 0.1) is 5.02 Å². The van der Waals surface area contributed by atoms with Crippen LogP contribution in [-0.2, 0) is 11.3 Å². The van der Waals surface area contributed by atoms with Crippen molar-refractivity contribution in [1.29, 1.82) is 0 Å². The maximum atomic E-state index is 10.7. The lowest BCUT2D eigenvalue weighted by molar-refractivity contribution is -0.131. The Bertz CT molecular complexity index is 419. The Kier molecular flexibility index (Phi) is 4.13. The second-order valence-corrected chi connectivity index (χ2v) is 3.42. The average Bonchev–Trinajstić information content (AvgIpc) is 2.18. The molecular weight excluding hydrogens is 234 g/mol. The zero-order chi connectivity index (χ0) is 12.1. The molecule has 0 fully saturated rings. The molecule has 1 rings (SSSR count). The number of rotatable bonds is 3. The summed E-state index contributed by atoms with van der Waals surface area (Å²) in [5.74, 6) is -0.202. The van der Waals surface area contributed by atoms with Crippen molar-refractivity contribution >= 4 is 23.7 Å². The van der Waals surface area contributed by atoms with Gasteiger partial charge >= 0.3 is 12.1 Å². The van der Waals surface area contributed by atoms with E-state index in [-0.39, 0.29) is 17.3 Å². The SMILES string of the molecule is CC(=O)Oc1ccc(CNC(=O)O)cc1Cl. The summed E-state index contributed by atoms with van der Waals surface area (Å²) in [4.78, 5) is 21.0. The van der Waals surface area contributed by atoms with Crippen LogP contribution in [0.25, 0.3) is 0 Å². The maximum absolute atomic E-state index is 10.7. The molecule has 0 atom stereocenters. The van der Waals surface area contributed by atoms with Gasteiger partial charge in [-0.25, -0.2) is 4.79 Å². The average molecular weight is 244 g/mol. The van der Waals surface area contributed by atoms with Crippen LogP contribution in [-0.4, -0.2) is 17.2 Å². The largest absolute Gasteiger partial charge is 0.465 e. The van der Waals surface area contributed by atoms with E-state index < -0.39 is 12.1 Å². The van der Waals surface area contributed by atoms with E-state index in [9.17, 15) is 9.59 Å². The van der Waals surface area contributed by atoms with Gasteiger partial charge in [0.25, 0.3) is 0 Å². The van der Waals surface area contributed by atoms with Crippen LogP contribution in [0.15, 0.2) is 18.2 Å². The highest BCUT2D eigenvalue weighted by Gasteiger charge is 2.06. The molecule has 86 valence electrons. The number of ether oxygens (including phenoxy) is 1. The van der Waals surface area contributed by atoms with Crippen molar-refractivity contribution in [3.8, 4) is 5.75 Å². The first kappa shape index (κ1) is 12.3. The number of amides is 1. The Balaban J connectivity index is 2.74. The second kappa shape index (κ2) is 5.37. The molecule has 2 N–H and O–H groups in total. The van der Waals surface area contributed by atoms with Gasteiger partial charge in [-0.15, -0.1) is 0 Å². The molecule has 1 amide bonds. The van der Waals surface area contributed by atoms with Crippen molar-refractivity contribution in [2.45, 2.75) is 13.5 Å². The molecule has 1 aromatic rings. The molecule has 0 aliphatic carbocycles. The molecule has 16 heavy (non-hydrogen) atoms. The number of benzene rings is 1. The summed E-state index contributed by atoms with van der Waals surface area (Å²) in [7, 11) is 0. The molecule has 0 radical (unpaired) electrons. The van der Waals surface area contributed by atoms with Crippen LogP contribution < -0.4 is 10.1 Å². The van der Waals surface area contributed by atoms with Gasteiger partial charge < -0.3 is 15.2 Å². The number of carbonyl (C=O) groups excluding carboxylic acids is 1. The molecular formula is C10H10ClNO4. The first-order valence-electron chi connectivity index (χ1n) is 4.42. The van der Waals surface area contributed by atoms with Crippen LogP contribution >= 0.6 is 11.6 Å². The van der Waals surface area contributed by atoms with Gasteiger partial charge in [0.1, 0.15) is 5.75 Å². The third-order valence-corrected chi connectivity index (χ3v) is 1.99. The van der Waals surface area contributed by atoms with E-state index in [4.69, 9.17) is 21.4 Å². The smallest absolute Gasteiger partial charge is 0.404 e. The van der Waals surface area contributed by atoms with Gasteiger partial charge in [0.15, 0.2) is 0 Å². The number of esters is 1. The van der Waals surface area contributed by atoms with Crippen LogP contribution in [0.1, 0.15) is 12.5 Å². The number of nitrogens with one attached hydrogen (secondary N) is 1. The second-order valence-electron chi connectivity index (χ2n) is 3.02. The summed E-state index contributed by atoms with van der Waals surface area (Å²) >= 11 is 5.84. The predicted molar refractivity (Wildman–Crippen MR) is 57.6 cm³/mol. The summed E-state index contributed by atoms with van der Waals surface area (Å²) in [5.41, 5.74) is 0.684. The minimum atomic E-state index is -1.11. The Morgan fingerprint density at radius 2 is 2.19 bits per heavy atom. The fourth-order valence-electron chi connectivity index (χ4n) is 1.07. The molecule has 0 aliphatic heterocycles. The fraction of sp³-hybridized carbons (Fsp3) is 0.200. The first-order chi connectivity index (χ1) is 7.49. The first-order valence-corrected chi connectivity index (χ1v) is 4.80. The highest BCUT2D eigenvalue weighted by atomic mass is 35.5. The topological polar surface area (TPSA) is 75.6 Å².